The number of hydrogen-bond donors (Lipinski definition) is 0. The van der Waals surface area contributed by atoms with Crippen LogP contribution in [0.25, 0.3) is 0 Å². The number of nitrogens with zero attached hydrogens (tertiary/aromatic N) is 2. The number of hydrogen-bond acceptors (Lipinski definition) is 5. The maximum absolute atomic E-state index is 12.7. The summed E-state index contributed by atoms with van der Waals surface area (Å²) in [6, 6.07) is 2.87. The lowest BCUT2D eigenvalue weighted by molar-refractivity contribution is -0.137. The molecule has 1 aromatic heterocycles. The molecule has 0 aliphatic carbocycles. The minimum Gasteiger partial charge on any atom is -0.482 e. The minimum atomic E-state index is -4.47. The van der Waals surface area contributed by atoms with Crippen molar-refractivity contribution in [3.8, 4) is 5.75 Å². The van der Waals surface area contributed by atoms with E-state index in [0.717, 1.165) is 31.0 Å². The molecule has 0 saturated carbocycles. The maximum Gasteiger partial charge on any atom is 0.416 e. The van der Waals surface area contributed by atoms with Gasteiger partial charge < -0.3 is 13.9 Å². The van der Waals surface area contributed by atoms with Crippen molar-refractivity contribution in [2.75, 3.05) is 13.2 Å². The highest BCUT2D eigenvalue weighted by Crippen LogP contribution is 2.35. The van der Waals surface area contributed by atoms with Gasteiger partial charge in [0, 0.05) is 6.61 Å². The highest BCUT2D eigenvalue weighted by atomic mass is 35.5. The largest absolute Gasteiger partial charge is 0.482 e. The van der Waals surface area contributed by atoms with E-state index in [-0.39, 0.29) is 29.2 Å². The quantitative estimate of drug-likeness (QED) is 0.815. The van der Waals surface area contributed by atoms with Crippen LogP contribution in [-0.2, 0) is 17.5 Å². The summed E-state index contributed by atoms with van der Waals surface area (Å²) in [5.74, 6) is 0.567. The molecule has 0 spiro atoms. The SMILES string of the molecule is FC(F)(F)c1ccc(Cl)c(OCc2nnc(C3CCCOC3)o2)c1. The van der Waals surface area contributed by atoms with E-state index in [1.54, 1.807) is 0 Å². The first-order valence-electron chi connectivity index (χ1n) is 7.33. The zero-order chi connectivity index (χ0) is 17.2. The van der Waals surface area contributed by atoms with Crippen LogP contribution in [0.2, 0.25) is 5.02 Å². The molecule has 0 radical (unpaired) electrons. The van der Waals surface area contributed by atoms with Crippen LogP contribution in [0.4, 0.5) is 13.2 Å². The predicted octanol–water partition coefficient (Wildman–Crippen LogP) is 4.21. The average molecular weight is 363 g/mol. The van der Waals surface area contributed by atoms with E-state index in [9.17, 15) is 13.2 Å². The van der Waals surface area contributed by atoms with Crippen LogP contribution < -0.4 is 4.74 Å². The highest BCUT2D eigenvalue weighted by Gasteiger charge is 2.31. The predicted molar refractivity (Wildman–Crippen MR) is 77.9 cm³/mol. The van der Waals surface area contributed by atoms with Crippen molar-refractivity contribution in [1.29, 1.82) is 0 Å². The van der Waals surface area contributed by atoms with Gasteiger partial charge in [-0.15, -0.1) is 10.2 Å². The summed E-state index contributed by atoms with van der Waals surface area (Å²) in [7, 11) is 0. The Bertz CT molecular complexity index is 700. The molecule has 1 aromatic carbocycles. The summed E-state index contributed by atoms with van der Waals surface area (Å²) in [5, 5.41) is 7.86. The maximum atomic E-state index is 12.7. The lowest BCUT2D eigenvalue weighted by Gasteiger charge is -2.18. The Morgan fingerprint density at radius 3 is 2.83 bits per heavy atom. The lowest BCUT2D eigenvalue weighted by atomic mass is 10.0. The Morgan fingerprint density at radius 2 is 2.12 bits per heavy atom. The molecule has 0 amide bonds. The number of halogens is 4. The molecule has 130 valence electrons. The molecule has 5 nitrogen and oxygen atoms in total. The Morgan fingerprint density at radius 1 is 1.29 bits per heavy atom. The minimum absolute atomic E-state index is 0.0390. The molecule has 2 aromatic rings. The van der Waals surface area contributed by atoms with E-state index in [4.69, 9.17) is 25.5 Å². The summed E-state index contributed by atoms with van der Waals surface area (Å²) in [6.07, 6.45) is -2.66. The van der Waals surface area contributed by atoms with Crippen molar-refractivity contribution in [3.05, 3.63) is 40.6 Å². The van der Waals surface area contributed by atoms with Crippen molar-refractivity contribution in [3.63, 3.8) is 0 Å². The third kappa shape index (κ3) is 3.99. The van der Waals surface area contributed by atoms with Crippen LogP contribution in [-0.4, -0.2) is 23.4 Å². The molecule has 2 heterocycles. The molecule has 0 bridgehead atoms. The molecule has 1 aliphatic rings. The van der Waals surface area contributed by atoms with Crippen LogP contribution >= 0.6 is 11.6 Å². The van der Waals surface area contributed by atoms with Gasteiger partial charge in [-0.3, -0.25) is 0 Å². The Balaban J connectivity index is 1.66. The van der Waals surface area contributed by atoms with Gasteiger partial charge in [-0.25, -0.2) is 0 Å². The number of aromatic nitrogens is 2. The normalized spacial score (nSPS) is 18.6. The fourth-order valence-corrected chi connectivity index (χ4v) is 2.53. The van der Waals surface area contributed by atoms with E-state index in [1.807, 2.05) is 0 Å². The second kappa shape index (κ2) is 6.98. The van der Waals surface area contributed by atoms with Crippen molar-refractivity contribution >= 4 is 11.6 Å². The van der Waals surface area contributed by atoms with E-state index >= 15 is 0 Å². The standard InChI is InChI=1S/C15H14ClF3N2O3/c16-11-4-3-10(15(17,18)19)6-12(11)23-8-13-20-21-14(24-13)9-2-1-5-22-7-9/h3-4,6,9H,1-2,5,7-8H2. The summed E-state index contributed by atoms with van der Waals surface area (Å²) < 4.78 is 54.3. The van der Waals surface area contributed by atoms with Crippen LogP contribution in [0.1, 0.15) is 36.1 Å². The van der Waals surface area contributed by atoms with Gasteiger partial charge in [0.2, 0.25) is 5.89 Å². The van der Waals surface area contributed by atoms with Gasteiger partial charge in [0.1, 0.15) is 5.75 Å². The van der Waals surface area contributed by atoms with Crippen LogP contribution in [0.15, 0.2) is 22.6 Å². The Labute approximate surface area is 140 Å². The lowest BCUT2D eigenvalue weighted by Crippen LogP contribution is -2.15. The molecule has 3 rings (SSSR count). The van der Waals surface area contributed by atoms with Crippen LogP contribution in [0.3, 0.4) is 0 Å². The number of ether oxygens (including phenoxy) is 2. The Kier molecular flexibility index (Phi) is 4.96. The van der Waals surface area contributed by atoms with E-state index in [0.29, 0.717) is 19.1 Å². The van der Waals surface area contributed by atoms with Crippen LogP contribution in [0, 0.1) is 0 Å². The van der Waals surface area contributed by atoms with E-state index in [2.05, 4.69) is 10.2 Å². The summed E-state index contributed by atoms with van der Waals surface area (Å²) in [4.78, 5) is 0. The monoisotopic (exact) mass is 362 g/mol. The molecule has 1 saturated heterocycles. The van der Waals surface area contributed by atoms with Crippen molar-refractivity contribution in [1.82, 2.24) is 10.2 Å². The zero-order valence-electron chi connectivity index (χ0n) is 12.5. The third-order valence-corrected chi connectivity index (χ3v) is 3.91. The van der Waals surface area contributed by atoms with E-state index in [1.165, 1.54) is 0 Å². The first-order valence-corrected chi connectivity index (χ1v) is 7.71. The third-order valence-electron chi connectivity index (χ3n) is 3.60. The zero-order valence-corrected chi connectivity index (χ0v) is 13.2. The molecule has 1 unspecified atom stereocenters. The second-order valence-electron chi connectivity index (χ2n) is 5.38. The summed E-state index contributed by atoms with van der Waals surface area (Å²) >= 11 is 5.86. The van der Waals surface area contributed by atoms with Crippen molar-refractivity contribution < 1.29 is 27.1 Å². The van der Waals surface area contributed by atoms with Gasteiger partial charge in [0.05, 0.1) is 23.1 Å². The fourth-order valence-electron chi connectivity index (χ4n) is 2.36. The van der Waals surface area contributed by atoms with Crippen molar-refractivity contribution in [2.45, 2.75) is 31.5 Å². The molecule has 24 heavy (non-hydrogen) atoms. The summed E-state index contributed by atoms with van der Waals surface area (Å²) in [5.41, 5.74) is -0.840. The Hall–Kier alpha value is -1.80. The first kappa shape index (κ1) is 17.0. The smallest absolute Gasteiger partial charge is 0.416 e. The number of alkyl halides is 3. The van der Waals surface area contributed by atoms with Gasteiger partial charge in [-0.05, 0) is 31.0 Å². The van der Waals surface area contributed by atoms with Gasteiger partial charge in [0.25, 0.3) is 5.89 Å². The average Bonchev–Trinajstić information content (AvgIpc) is 3.03. The van der Waals surface area contributed by atoms with Crippen LogP contribution in [0.5, 0.6) is 5.75 Å². The van der Waals surface area contributed by atoms with Gasteiger partial charge in [-0.2, -0.15) is 13.2 Å². The molecule has 1 aliphatic heterocycles. The molecular weight excluding hydrogens is 349 g/mol. The van der Waals surface area contributed by atoms with Gasteiger partial charge in [0.15, 0.2) is 6.61 Å². The summed E-state index contributed by atoms with van der Waals surface area (Å²) in [6.45, 7) is 1.07. The molecular formula is C15H14ClF3N2O3. The second-order valence-corrected chi connectivity index (χ2v) is 5.79. The first-order chi connectivity index (χ1) is 11.4. The fraction of sp³-hybridized carbons (Fsp3) is 0.467. The van der Waals surface area contributed by atoms with Gasteiger partial charge >= 0.3 is 6.18 Å². The molecule has 0 N–H and O–H groups in total. The topological polar surface area (TPSA) is 57.4 Å². The molecule has 1 atom stereocenters. The highest BCUT2D eigenvalue weighted by molar-refractivity contribution is 6.32. The number of benzene rings is 1. The molecule has 9 heteroatoms. The number of rotatable bonds is 4. The van der Waals surface area contributed by atoms with Crippen molar-refractivity contribution in [2.24, 2.45) is 0 Å². The van der Waals surface area contributed by atoms with Gasteiger partial charge in [-0.1, -0.05) is 11.6 Å². The van der Waals surface area contributed by atoms with E-state index < -0.39 is 11.7 Å². The molecule has 1 fully saturated rings.